The molecule has 0 spiro atoms. The van der Waals surface area contributed by atoms with Gasteiger partial charge in [-0.1, -0.05) is 12.8 Å². The SMILES string of the molecule is Cc1c(CN2CCN(C(=O)C3CCCC3)[C@@H](C)C2)cc(F)cc1C(C(N)=O)C1CCC(O)CC1. The summed E-state index contributed by atoms with van der Waals surface area (Å²) in [7, 11) is 0. The van der Waals surface area contributed by atoms with Crippen molar-refractivity contribution in [1.82, 2.24) is 9.80 Å². The maximum absolute atomic E-state index is 14.8. The highest BCUT2D eigenvalue weighted by atomic mass is 19.1. The number of hydrogen-bond acceptors (Lipinski definition) is 4. The van der Waals surface area contributed by atoms with E-state index in [1.807, 2.05) is 11.8 Å². The average molecular weight is 474 g/mol. The van der Waals surface area contributed by atoms with E-state index >= 15 is 0 Å². The molecule has 1 aromatic carbocycles. The average Bonchev–Trinajstić information content (AvgIpc) is 3.33. The molecule has 188 valence electrons. The van der Waals surface area contributed by atoms with Crippen molar-refractivity contribution in [3.8, 4) is 0 Å². The molecule has 6 nitrogen and oxygen atoms in total. The Morgan fingerprint density at radius 2 is 1.79 bits per heavy atom. The van der Waals surface area contributed by atoms with Crippen molar-refractivity contribution in [2.24, 2.45) is 17.6 Å². The van der Waals surface area contributed by atoms with E-state index in [4.69, 9.17) is 5.73 Å². The molecule has 1 unspecified atom stereocenters. The molecule has 1 saturated heterocycles. The van der Waals surface area contributed by atoms with Gasteiger partial charge in [-0.05, 0) is 87.1 Å². The summed E-state index contributed by atoms with van der Waals surface area (Å²) in [6, 6.07) is 3.17. The summed E-state index contributed by atoms with van der Waals surface area (Å²) in [4.78, 5) is 29.7. The van der Waals surface area contributed by atoms with Gasteiger partial charge in [0.1, 0.15) is 5.82 Å². The molecule has 0 bridgehead atoms. The lowest BCUT2D eigenvalue weighted by atomic mass is 9.74. The number of aliphatic hydroxyl groups excluding tert-OH is 1. The molecular weight excluding hydrogens is 433 g/mol. The highest BCUT2D eigenvalue weighted by molar-refractivity contribution is 5.83. The Balaban J connectivity index is 1.47. The number of benzene rings is 1. The van der Waals surface area contributed by atoms with Crippen molar-refractivity contribution >= 4 is 11.8 Å². The van der Waals surface area contributed by atoms with Gasteiger partial charge in [-0.15, -0.1) is 0 Å². The number of amides is 2. The van der Waals surface area contributed by atoms with Gasteiger partial charge in [0.15, 0.2) is 0 Å². The van der Waals surface area contributed by atoms with Crippen LogP contribution in [0.4, 0.5) is 4.39 Å². The normalized spacial score (nSPS) is 27.6. The summed E-state index contributed by atoms with van der Waals surface area (Å²) >= 11 is 0. The lowest BCUT2D eigenvalue weighted by Gasteiger charge is -2.41. The van der Waals surface area contributed by atoms with Crippen LogP contribution in [0.3, 0.4) is 0 Å². The highest BCUT2D eigenvalue weighted by Crippen LogP contribution is 2.38. The lowest BCUT2D eigenvalue weighted by molar-refractivity contribution is -0.140. The summed E-state index contributed by atoms with van der Waals surface area (Å²) < 4.78 is 14.8. The summed E-state index contributed by atoms with van der Waals surface area (Å²) in [6.07, 6.45) is 6.74. The molecule has 2 atom stereocenters. The predicted molar refractivity (Wildman–Crippen MR) is 129 cm³/mol. The van der Waals surface area contributed by atoms with Crippen molar-refractivity contribution in [2.45, 2.75) is 89.8 Å². The van der Waals surface area contributed by atoms with Crippen LogP contribution >= 0.6 is 0 Å². The summed E-state index contributed by atoms with van der Waals surface area (Å²) in [5.41, 5.74) is 8.32. The number of carbonyl (C=O) groups is 2. The first-order valence-electron chi connectivity index (χ1n) is 13.0. The van der Waals surface area contributed by atoms with Gasteiger partial charge in [-0.3, -0.25) is 14.5 Å². The molecule has 2 aliphatic carbocycles. The number of aliphatic hydroxyl groups is 1. The van der Waals surface area contributed by atoms with E-state index in [1.165, 1.54) is 6.07 Å². The van der Waals surface area contributed by atoms with Gasteiger partial charge < -0.3 is 15.7 Å². The third kappa shape index (κ3) is 5.46. The van der Waals surface area contributed by atoms with E-state index < -0.39 is 11.8 Å². The fourth-order valence-electron chi connectivity index (χ4n) is 6.47. The van der Waals surface area contributed by atoms with Gasteiger partial charge in [-0.2, -0.15) is 0 Å². The lowest BCUT2D eigenvalue weighted by Crippen LogP contribution is -2.54. The topological polar surface area (TPSA) is 86.9 Å². The Morgan fingerprint density at radius 1 is 1.12 bits per heavy atom. The first kappa shape index (κ1) is 25.1. The zero-order valence-corrected chi connectivity index (χ0v) is 20.6. The van der Waals surface area contributed by atoms with Gasteiger partial charge in [0.25, 0.3) is 0 Å². The minimum atomic E-state index is -0.540. The third-order valence-corrected chi connectivity index (χ3v) is 8.47. The zero-order valence-electron chi connectivity index (χ0n) is 20.6. The van der Waals surface area contributed by atoms with Crippen molar-refractivity contribution in [3.05, 3.63) is 34.6 Å². The fourth-order valence-corrected chi connectivity index (χ4v) is 6.47. The van der Waals surface area contributed by atoms with E-state index in [0.29, 0.717) is 50.2 Å². The van der Waals surface area contributed by atoms with Crippen LogP contribution in [0.1, 0.15) is 80.9 Å². The number of hydrogen-bond donors (Lipinski definition) is 2. The molecule has 0 radical (unpaired) electrons. The smallest absolute Gasteiger partial charge is 0.226 e. The number of carbonyl (C=O) groups excluding carboxylic acids is 2. The second-order valence-corrected chi connectivity index (χ2v) is 10.8. The molecule has 0 aromatic heterocycles. The first-order valence-corrected chi connectivity index (χ1v) is 13.0. The van der Waals surface area contributed by atoms with E-state index in [2.05, 4.69) is 11.8 Å². The standard InChI is InChI=1S/C27H40FN3O3/c1-17-15-30(11-12-31(17)27(34)20-5-3-4-6-20)16-21-13-22(28)14-24(18(21)2)25(26(29)33)19-7-9-23(32)10-8-19/h13-14,17,19-20,23,25,32H,3-12,15-16H2,1-2H3,(H2,29,33)/t17-,19?,23?,25?/m0/s1. The molecule has 7 heteroatoms. The van der Waals surface area contributed by atoms with Crippen LogP contribution in [0.25, 0.3) is 0 Å². The molecule has 2 saturated carbocycles. The van der Waals surface area contributed by atoms with E-state index in [0.717, 1.165) is 49.9 Å². The van der Waals surface area contributed by atoms with Crippen molar-refractivity contribution in [2.75, 3.05) is 19.6 Å². The quantitative estimate of drug-likeness (QED) is 0.662. The molecule has 2 amide bonds. The molecule has 34 heavy (non-hydrogen) atoms. The molecule has 1 aliphatic heterocycles. The Labute approximate surface area is 202 Å². The van der Waals surface area contributed by atoms with Gasteiger partial charge in [0, 0.05) is 38.1 Å². The highest BCUT2D eigenvalue weighted by Gasteiger charge is 2.35. The Bertz CT molecular complexity index is 893. The number of primary amides is 1. The molecular formula is C27H40FN3O3. The van der Waals surface area contributed by atoms with Crippen LogP contribution in [-0.2, 0) is 16.1 Å². The summed E-state index contributed by atoms with van der Waals surface area (Å²) in [5.74, 6) is -0.792. The fraction of sp³-hybridized carbons (Fsp3) is 0.704. The number of nitrogens with zero attached hydrogens (tertiary/aromatic N) is 2. The van der Waals surface area contributed by atoms with Crippen LogP contribution in [-0.4, -0.2) is 58.5 Å². The van der Waals surface area contributed by atoms with Crippen LogP contribution in [0.15, 0.2) is 12.1 Å². The summed E-state index contributed by atoms with van der Waals surface area (Å²) in [5, 5.41) is 9.87. The largest absolute Gasteiger partial charge is 0.393 e. The Morgan fingerprint density at radius 3 is 2.41 bits per heavy atom. The van der Waals surface area contributed by atoms with Gasteiger partial charge in [-0.25, -0.2) is 4.39 Å². The number of nitrogens with two attached hydrogens (primary N) is 1. The van der Waals surface area contributed by atoms with Gasteiger partial charge in [0.05, 0.1) is 12.0 Å². The van der Waals surface area contributed by atoms with Gasteiger partial charge >= 0.3 is 0 Å². The molecule has 3 aliphatic rings. The van der Waals surface area contributed by atoms with Crippen molar-refractivity contribution in [1.29, 1.82) is 0 Å². The van der Waals surface area contributed by atoms with Crippen LogP contribution in [0.2, 0.25) is 0 Å². The molecule has 1 aromatic rings. The number of rotatable bonds is 6. The Kier molecular flexibility index (Phi) is 7.93. The maximum atomic E-state index is 14.8. The van der Waals surface area contributed by atoms with Crippen molar-refractivity contribution < 1.29 is 19.1 Å². The predicted octanol–water partition coefficient (Wildman–Crippen LogP) is 3.48. The monoisotopic (exact) mass is 473 g/mol. The van der Waals surface area contributed by atoms with E-state index in [-0.39, 0.29) is 29.8 Å². The third-order valence-electron chi connectivity index (χ3n) is 8.47. The second-order valence-electron chi connectivity index (χ2n) is 10.8. The number of piperazine rings is 1. The summed E-state index contributed by atoms with van der Waals surface area (Å²) in [6.45, 7) is 6.86. The zero-order chi connectivity index (χ0) is 24.4. The second kappa shape index (κ2) is 10.7. The molecule has 1 heterocycles. The molecule has 4 rings (SSSR count). The van der Waals surface area contributed by atoms with Crippen molar-refractivity contribution in [3.63, 3.8) is 0 Å². The van der Waals surface area contributed by atoms with E-state index in [1.54, 1.807) is 6.07 Å². The van der Waals surface area contributed by atoms with E-state index in [9.17, 15) is 19.1 Å². The minimum absolute atomic E-state index is 0.0272. The maximum Gasteiger partial charge on any atom is 0.226 e. The molecule has 3 fully saturated rings. The van der Waals surface area contributed by atoms with Gasteiger partial charge in [0.2, 0.25) is 11.8 Å². The van der Waals surface area contributed by atoms with Crippen LogP contribution < -0.4 is 5.73 Å². The number of halogens is 1. The Hall–Kier alpha value is -1.99. The van der Waals surface area contributed by atoms with Crippen LogP contribution in [0, 0.1) is 24.6 Å². The minimum Gasteiger partial charge on any atom is -0.393 e. The first-order chi connectivity index (χ1) is 16.2. The van der Waals surface area contributed by atoms with Crippen LogP contribution in [0.5, 0.6) is 0 Å². The molecule has 3 N–H and O–H groups in total.